The number of unbranched alkanes of at least 4 members (excludes halogenated alkanes) is 11. The van der Waals surface area contributed by atoms with Gasteiger partial charge >= 0.3 is 0 Å². The first-order valence-electron chi connectivity index (χ1n) is 8.62. The zero-order valence-corrected chi connectivity index (χ0v) is 13.4. The Kier molecular flexibility index (Phi) is 15.6. The predicted octanol–water partition coefficient (Wildman–Crippen LogP) is 4.77. The second-order valence-electron chi connectivity index (χ2n) is 5.71. The number of carboxylic acids is 1. The number of carbonyl (C=O) groups is 1. The van der Waals surface area contributed by atoms with Crippen molar-refractivity contribution in [3.05, 3.63) is 12.2 Å². The van der Waals surface area contributed by atoms with E-state index in [1.807, 2.05) is 0 Å². The van der Waals surface area contributed by atoms with Gasteiger partial charge in [-0.15, -0.1) is 0 Å². The van der Waals surface area contributed by atoms with Crippen molar-refractivity contribution in [3.8, 4) is 0 Å². The molecule has 0 saturated carbocycles. The maximum atomic E-state index is 10.2. The number of carboxylic acid groups (broad SMARTS) is 1. The van der Waals surface area contributed by atoms with Gasteiger partial charge in [-0.1, -0.05) is 76.9 Å². The smallest absolute Gasteiger partial charge is 0.0414 e. The highest BCUT2D eigenvalue weighted by Crippen LogP contribution is 2.11. The molecule has 0 saturated heterocycles. The predicted molar refractivity (Wildman–Crippen MR) is 84.5 cm³/mol. The molecule has 0 atom stereocenters. The molecule has 0 aromatic heterocycles. The number of allylic oxidation sites excluding steroid dienone is 2. The lowest BCUT2D eigenvalue weighted by atomic mass is 10.1. The third-order valence-corrected chi connectivity index (χ3v) is 3.64. The molecule has 0 N–H and O–H groups in total. The molecule has 118 valence electrons. The quantitative estimate of drug-likeness (QED) is 0.320. The molecule has 0 unspecified atom stereocenters. The summed E-state index contributed by atoms with van der Waals surface area (Å²) in [4.78, 5) is 10.2. The van der Waals surface area contributed by atoms with E-state index in [4.69, 9.17) is 0 Å². The summed E-state index contributed by atoms with van der Waals surface area (Å²) in [6.07, 6.45) is 20.9. The molecule has 0 bridgehead atoms. The molecule has 20 heavy (non-hydrogen) atoms. The van der Waals surface area contributed by atoms with Crippen molar-refractivity contribution in [2.75, 3.05) is 0 Å². The third-order valence-electron chi connectivity index (χ3n) is 3.64. The number of carbonyl (C=O) groups excluding carboxylic acids is 1. The van der Waals surface area contributed by atoms with Gasteiger partial charge in [-0.3, -0.25) is 0 Å². The van der Waals surface area contributed by atoms with Gasteiger partial charge in [0.2, 0.25) is 0 Å². The van der Waals surface area contributed by atoms with Gasteiger partial charge in [0.05, 0.1) is 0 Å². The van der Waals surface area contributed by atoms with E-state index in [1.165, 1.54) is 70.6 Å². The van der Waals surface area contributed by atoms with Crippen LogP contribution in [0, 0.1) is 0 Å². The number of hydrogen-bond acceptors (Lipinski definition) is 2. The molecule has 0 heterocycles. The molecule has 0 aliphatic rings. The van der Waals surface area contributed by atoms with Gasteiger partial charge < -0.3 is 9.90 Å². The van der Waals surface area contributed by atoms with Crippen molar-refractivity contribution in [3.63, 3.8) is 0 Å². The van der Waals surface area contributed by atoms with Gasteiger partial charge in [0, 0.05) is 5.97 Å². The number of rotatable bonds is 15. The average Bonchev–Trinajstić information content (AvgIpc) is 2.43. The van der Waals surface area contributed by atoms with Crippen LogP contribution in [0.4, 0.5) is 0 Å². The Labute approximate surface area is 125 Å². The fraction of sp³-hybridized carbons (Fsp3) is 0.833. The van der Waals surface area contributed by atoms with Gasteiger partial charge in [-0.25, -0.2) is 0 Å². The average molecular weight is 281 g/mol. The fourth-order valence-corrected chi connectivity index (χ4v) is 2.33. The van der Waals surface area contributed by atoms with E-state index >= 15 is 0 Å². The van der Waals surface area contributed by atoms with Crippen LogP contribution in [-0.2, 0) is 4.79 Å². The van der Waals surface area contributed by atoms with E-state index in [0.717, 1.165) is 12.8 Å². The highest BCUT2D eigenvalue weighted by molar-refractivity contribution is 5.63. The van der Waals surface area contributed by atoms with Crippen LogP contribution >= 0.6 is 0 Å². The maximum absolute atomic E-state index is 10.2. The minimum atomic E-state index is -0.909. The Morgan fingerprint density at radius 3 is 1.70 bits per heavy atom. The van der Waals surface area contributed by atoms with Crippen molar-refractivity contribution >= 4 is 5.97 Å². The molecule has 0 amide bonds. The lowest BCUT2D eigenvalue weighted by Gasteiger charge is -2.03. The van der Waals surface area contributed by atoms with Crippen LogP contribution in [0.5, 0.6) is 0 Å². The summed E-state index contributed by atoms with van der Waals surface area (Å²) in [6, 6.07) is 0. The van der Waals surface area contributed by atoms with Crippen LogP contribution in [0.1, 0.15) is 96.8 Å². The normalized spacial score (nSPS) is 11.2. The van der Waals surface area contributed by atoms with Crippen LogP contribution in [0.25, 0.3) is 0 Å². The SMILES string of the molecule is CCCC/C=C/CCCCCCCCCCCC(=O)[O-]. The Hall–Kier alpha value is -0.790. The fourth-order valence-electron chi connectivity index (χ4n) is 2.33. The number of hydrogen-bond donors (Lipinski definition) is 0. The van der Waals surface area contributed by atoms with E-state index < -0.39 is 5.97 Å². The first-order chi connectivity index (χ1) is 9.77. The largest absolute Gasteiger partial charge is 0.550 e. The lowest BCUT2D eigenvalue weighted by molar-refractivity contribution is -0.305. The molecular weight excluding hydrogens is 248 g/mol. The molecule has 0 aliphatic carbocycles. The second-order valence-corrected chi connectivity index (χ2v) is 5.71. The summed E-state index contributed by atoms with van der Waals surface area (Å²) >= 11 is 0. The summed E-state index contributed by atoms with van der Waals surface area (Å²) in [6.45, 7) is 2.23. The highest BCUT2D eigenvalue weighted by atomic mass is 16.4. The van der Waals surface area contributed by atoms with Gasteiger partial charge in [0.1, 0.15) is 0 Å². The first kappa shape index (κ1) is 19.2. The van der Waals surface area contributed by atoms with Crippen molar-refractivity contribution < 1.29 is 9.90 Å². The second kappa shape index (κ2) is 16.3. The van der Waals surface area contributed by atoms with Crippen LogP contribution in [0.3, 0.4) is 0 Å². The summed E-state index contributed by atoms with van der Waals surface area (Å²) in [5, 5.41) is 10.2. The standard InChI is InChI=1S/C18H34O2/c1-2-3-4-5-6-7-8-9-10-11-12-13-14-15-16-17-18(19)20/h5-6H,2-4,7-17H2,1H3,(H,19,20)/p-1/b6-5+. The van der Waals surface area contributed by atoms with Crippen molar-refractivity contribution in [1.82, 2.24) is 0 Å². The highest BCUT2D eigenvalue weighted by Gasteiger charge is 1.93. The Morgan fingerprint density at radius 2 is 1.20 bits per heavy atom. The van der Waals surface area contributed by atoms with E-state index in [-0.39, 0.29) is 6.42 Å². The van der Waals surface area contributed by atoms with Crippen molar-refractivity contribution in [1.29, 1.82) is 0 Å². The van der Waals surface area contributed by atoms with E-state index in [0.29, 0.717) is 0 Å². The minimum Gasteiger partial charge on any atom is -0.550 e. The zero-order chi connectivity index (χ0) is 14.9. The van der Waals surface area contributed by atoms with Gasteiger partial charge in [0.15, 0.2) is 0 Å². The van der Waals surface area contributed by atoms with E-state index in [1.54, 1.807) is 0 Å². The van der Waals surface area contributed by atoms with E-state index in [2.05, 4.69) is 19.1 Å². The van der Waals surface area contributed by atoms with Crippen LogP contribution in [0.15, 0.2) is 12.2 Å². The Balaban J connectivity index is 3.02. The molecule has 0 aromatic rings. The van der Waals surface area contributed by atoms with Crippen molar-refractivity contribution in [2.24, 2.45) is 0 Å². The van der Waals surface area contributed by atoms with E-state index in [9.17, 15) is 9.90 Å². The summed E-state index contributed by atoms with van der Waals surface area (Å²) in [7, 11) is 0. The topological polar surface area (TPSA) is 40.1 Å². The molecule has 0 spiro atoms. The maximum Gasteiger partial charge on any atom is 0.0414 e. The molecule has 2 nitrogen and oxygen atoms in total. The Bertz CT molecular complexity index is 234. The summed E-state index contributed by atoms with van der Waals surface area (Å²) in [5.74, 6) is -0.909. The third kappa shape index (κ3) is 17.2. The molecule has 2 heteroatoms. The molecule has 0 aromatic carbocycles. The molecule has 0 fully saturated rings. The number of aliphatic carboxylic acids is 1. The van der Waals surface area contributed by atoms with Crippen LogP contribution < -0.4 is 5.11 Å². The van der Waals surface area contributed by atoms with Crippen LogP contribution in [-0.4, -0.2) is 5.97 Å². The summed E-state index contributed by atoms with van der Waals surface area (Å²) < 4.78 is 0. The van der Waals surface area contributed by atoms with Gasteiger partial charge in [0.25, 0.3) is 0 Å². The molecule has 0 aliphatic heterocycles. The van der Waals surface area contributed by atoms with Crippen molar-refractivity contribution in [2.45, 2.75) is 96.8 Å². The van der Waals surface area contributed by atoms with Crippen LogP contribution in [0.2, 0.25) is 0 Å². The minimum absolute atomic E-state index is 0.228. The Morgan fingerprint density at radius 1 is 0.750 bits per heavy atom. The molecule has 0 radical (unpaired) electrons. The van der Waals surface area contributed by atoms with Gasteiger partial charge in [-0.2, -0.15) is 0 Å². The summed E-state index contributed by atoms with van der Waals surface area (Å²) in [5.41, 5.74) is 0. The zero-order valence-electron chi connectivity index (χ0n) is 13.4. The molecule has 0 rings (SSSR count). The van der Waals surface area contributed by atoms with Gasteiger partial charge in [-0.05, 0) is 32.1 Å². The lowest BCUT2D eigenvalue weighted by Crippen LogP contribution is -2.21. The first-order valence-corrected chi connectivity index (χ1v) is 8.62. The monoisotopic (exact) mass is 281 g/mol. The molecular formula is C18H33O2-.